The maximum atomic E-state index is 5.86. The van der Waals surface area contributed by atoms with Crippen molar-refractivity contribution < 1.29 is 0 Å². The quantitative estimate of drug-likeness (QED) is 0.340. The Labute approximate surface area is 132 Å². The van der Waals surface area contributed by atoms with Crippen molar-refractivity contribution in [1.82, 2.24) is 5.32 Å². The number of nitrogens with zero attached hydrogens (tertiary/aromatic N) is 1. The van der Waals surface area contributed by atoms with Gasteiger partial charge in [-0.1, -0.05) is 57.3 Å². The summed E-state index contributed by atoms with van der Waals surface area (Å²) in [6.07, 6.45) is 3.11. The Bertz CT molecular complexity index is 556. The van der Waals surface area contributed by atoms with E-state index in [9.17, 15) is 0 Å². The summed E-state index contributed by atoms with van der Waals surface area (Å²) in [5.74, 6) is 0.431. The Balaban J connectivity index is 3.10. The van der Waals surface area contributed by atoms with Gasteiger partial charge in [0.25, 0.3) is 0 Å². The standard InChI is InChI=1S/C18H23ClN2/c1-6-13(2)17(16-10-8-7-9-11-16)12-14(3)15(4)21-18(19)20-5/h7-13H,3-4,6H2,1-2,5H3,(H,20,21)/b17-12+. The van der Waals surface area contributed by atoms with Gasteiger partial charge in [0.1, 0.15) is 0 Å². The molecule has 0 aliphatic heterocycles. The monoisotopic (exact) mass is 302 g/mol. The fraction of sp³-hybridized carbons (Fsp3) is 0.278. The van der Waals surface area contributed by atoms with E-state index in [1.165, 1.54) is 11.1 Å². The lowest BCUT2D eigenvalue weighted by atomic mass is 9.90. The molecule has 21 heavy (non-hydrogen) atoms. The zero-order valence-corrected chi connectivity index (χ0v) is 13.7. The summed E-state index contributed by atoms with van der Waals surface area (Å²) in [5, 5.41) is 3.07. The number of allylic oxidation sites excluding steroid dienone is 2. The number of benzene rings is 1. The van der Waals surface area contributed by atoms with Crippen LogP contribution in [0.4, 0.5) is 0 Å². The molecule has 0 saturated carbocycles. The van der Waals surface area contributed by atoms with Crippen molar-refractivity contribution in [1.29, 1.82) is 0 Å². The fourth-order valence-corrected chi connectivity index (χ4v) is 1.98. The molecule has 1 N–H and O–H groups in total. The Morgan fingerprint density at radius 1 is 1.33 bits per heavy atom. The molecule has 1 unspecified atom stereocenters. The SMILES string of the molecule is C=C(/C=C(/c1ccccc1)C(C)CC)C(=C)/N=C(/Cl)NC. The second-order valence-corrected chi connectivity index (χ2v) is 5.26. The van der Waals surface area contributed by atoms with Gasteiger partial charge in [0.15, 0.2) is 5.29 Å². The lowest BCUT2D eigenvalue weighted by Gasteiger charge is -2.15. The van der Waals surface area contributed by atoms with Gasteiger partial charge in [0, 0.05) is 7.05 Å². The molecule has 0 aromatic heterocycles. The maximum Gasteiger partial charge on any atom is 0.196 e. The first-order chi connectivity index (χ1) is 9.99. The van der Waals surface area contributed by atoms with Gasteiger partial charge in [-0.25, -0.2) is 4.99 Å². The van der Waals surface area contributed by atoms with E-state index in [1.54, 1.807) is 7.05 Å². The van der Waals surface area contributed by atoms with Crippen molar-refractivity contribution >= 4 is 22.5 Å². The predicted molar refractivity (Wildman–Crippen MR) is 94.5 cm³/mol. The van der Waals surface area contributed by atoms with Crippen LogP contribution in [-0.2, 0) is 0 Å². The summed E-state index contributed by atoms with van der Waals surface area (Å²) in [6, 6.07) is 10.3. The van der Waals surface area contributed by atoms with Gasteiger partial charge in [0.2, 0.25) is 0 Å². The zero-order chi connectivity index (χ0) is 15.8. The zero-order valence-electron chi connectivity index (χ0n) is 13.0. The minimum Gasteiger partial charge on any atom is -0.363 e. The number of aliphatic imine (C=N–C) groups is 1. The molecule has 0 spiro atoms. The first-order valence-corrected chi connectivity index (χ1v) is 7.44. The largest absolute Gasteiger partial charge is 0.363 e. The van der Waals surface area contributed by atoms with Gasteiger partial charge in [0.05, 0.1) is 5.70 Å². The minimum atomic E-state index is 0.305. The highest BCUT2D eigenvalue weighted by Crippen LogP contribution is 2.28. The van der Waals surface area contributed by atoms with E-state index in [4.69, 9.17) is 11.6 Å². The van der Waals surface area contributed by atoms with Gasteiger partial charge < -0.3 is 5.32 Å². The van der Waals surface area contributed by atoms with Gasteiger partial charge in [-0.05, 0) is 46.7 Å². The van der Waals surface area contributed by atoms with Crippen LogP contribution in [0, 0.1) is 5.92 Å². The third kappa shape index (κ3) is 5.24. The second kappa shape index (κ2) is 8.48. The summed E-state index contributed by atoms with van der Waals surface area (Å²) in [7, 11) is 1.71. The number of hydrogen-bond donors (Lipinski definition) is 1. The van der Waals surface area contributed by atoms with Crippen LogP contribution in [-0.4, -0.2) is 12.3 Å². The Kier molecular flexibility index (Phi) is 6.97. The summed E-state index contributed by atoms with van der Waals surface area (Å²) in [4.78, 5) is 4.16. The molecule has 0 amide bonds. The Morgan fingerprint density at radius 2 is 1.95 bits per heavy atom. The molecule has 0 heterocycles. The van der Waals surface area contributed by atoms with Crippen LogP contribution in [0.1, 0.15) is 25.8 Å². The third-order valence-electron chi connectivity index (χ3n) is 3.39. The van der Waals surface area contributed by atoms with Crippen molar-refractivity contribution in [2.75, 3.05) is 7.05 Å². The molecule has 1 rings (SSSR count). The van der Waals surface area contributed by atoms with Crippen molar-refractivity contribution in [3.8, 4) is 0 Å². The van der Waals surface area contributed by atoms with E-state index in [0.29, 0.717) is 16.9 Å². The summed E-state index contributed by atoms with van der Waals surface area (Å²) < 4.78 is 0. The van der Waals surface area contributed by atoms with Crippen LogP contribution in [0.3, 0.4) is 0 Å². The average molecular weight is 303 g/mol. The van der Waals surface area contributed by atoms with E-state index >= 15 is 0 Å². The molecule has 0 saturated heterocycles. The molecular weight excluding hydrogens is 280 g/mol. The van der Waals surface area contributed by atoms with Crippen LogP contribution >= 0.6 is 11.6 Å². The number of halogens is 1. The Morgan fingerprint density at radius 3 is 2.48 bits per heavy atom. The number of rotatable bonds is 6. The molecule has 3 heteroatoms. The molecule has 1 aromatic carbocycles. The molecular formula is C18H23ClN2. The molecule has 0 fully saturated rings. The molecule has 1 atom stereocenters. The fourth-order valence-electron chi connectivity index (χ4n) is 1.88. The molecule has 1 aromatic rings. The van der Waals surface area contributed by atoms with Crippen LogP contribution in [0.5, 0.6) is 0 Å². The van der Waals surface area contributed by atoms with E-state index in [-0.39, 0.29) is 0 Å². The van der Waals surface area contributed by atoms with Crippen LogP contribution in [0.25, 0.3) is 5.57 Å². The molecule has 0 aliphatic rings. The maximum absolute atomic E-state index is 5.86. The highest BCUT2D eigenvalue weighted by atomic mass is 35.5. The van der Waals surface area contributed by atoms with E-state index in [1.807, 2.05) is 18.2 Å². The highest BCUT2D eigenvalue weighted by molar-refractivity contribution is 6.64. The molecule has 2 nitrogen and oxygen atoms in total. The molecule has 0 radical (unpaired) electrons. The molecule has 112 valence electrons. The summed E-state index contributed by atoms with van der Waals surface area (Å²) in [5.41, 5.74) is 3.76. The molecule has 0 aliphatic carbocycles. The van der Waals surface area contributed by atoms with Gasteiger partial charge >= 0.3 is 0 Å². The van der Waals surface area contributed by atoms with E-state index in [0.717, 1.165) is 12.0 Å². The average Bonchev–Trinajstić information content (AvgIpc) is 2.52. The topological polar surface area (TPSA) is 24.4 Å². The van der Waals surface area contributed by atoms with Crippen molar-refractivity contribution in [3.05, 3.63) is 66.4 Å². The van der Waals surface area contributed by atoms with Crippen LogP contribution < -0.4 is 5.32 Å². The predicted octanol–water partition coefficient (Wildman–Crippen LogP) is 5.00. The summed E-state index contributed by atoms with van der Waals surface area (Å²) in [6.45, 7) is 12.4. The first kappa shape index (κ1) is 17.3. The third-order valence-corrected chi connectivity index (χ3v) is 3.66. The van der Waals surface area contributed by atoms with E-state index < -0.39 is 0 Å². The van der Waals surface area contributed by atoms with Crippen molar-refractivity contribution in [2.24, 2.45) is 10.9 Å². The Hall–Kier alpha value is -1.80. The summed E-state index contributed by atoms with van der Waals surface area (Å²) >= 11 is 5.86. The smallest absolute Gasteiger partial charge is 0.196 e. The number of hydrogen-bond acceptors (Lipinski definition) is 1. The van der Waals surface area contributed by atoms with Crippen molar-refractivity contribution in [2.45, 2.75) is 20.3 Å². The lowest BCUT2D eigenvalue weighted by molar-refractivity contribution is 0.717. The number of nitrogens with one attached hydrogen (secondary N) is 1. The second-order valence-electron chi connectivity index (χ2n) is 4.90. The van der Waals surface area contributed by atoms with Crippen LogP contribution in [0.2, 0.25) is 0 Å². The normalized spacial score (nSPS) is 13.7. The number of amidine groups is 1. The molecule has 0 bridgehead atoms. The van der Waals surface area contributed by atoms with E-state index in [2.05, 4.69) is 55.5 Å². The van der Waals surface area contributed by atoms with Gasteiger partial charge in [-0.3, -0.25) is 0 Å². The van der Waals surface area contributed by atoms with Crippen LogP contribution in [0.15, 0.2) is 65.8 Å². The highest BCUT2D eigenvalue weighted by Gasteiger charge is 2.10. The van der Waals surface area contributed by atoms with Gasteiger partial charge in [-0.2, -0.15) is 0 Å². The lowest BCUT2D eigenvalue weighted by Crippen LogP contribution is -2.11. The minimum absolute atomic E-state index is 0.305. The first-order valence-electron chi connectivity index (χ1n) is 7.06. The van der Waals surface area contributed by atoms with Gasteiger partial charge in [-0.15, -0.1) is 0 Å². The van der Waals surface area contributed by atoms with Crippen molar-refractivity contribution in [3.63, 3.8) is 0 Å².